The molecule has 0 spiro atoms. The predicted octanol–water partition coefficient (Wildman–Crippen LogP) is 4.37. The molecule has 2 aromatic carbocycles. The Kier molecular flexibility index (Phi) is 5.58. The number of hydrogen-bond donors (Lipinski definition) is 3. The van der Waals surface area contributed by atoms with Crippen molar-refractivity contribution >= 4 is 23.5 Å². The van der Waals surface area contributed by atoms with E-state index in [1.165, 1.54) is 0 Å². The van der Waals surface area contributed by atoms with Crippen molar-refractivity contribution in [2.24, 2.45) is 0 Å². The molecule has 0 saturated carbocycles. The van der Waals surface area contributed by atoms with Gasteiger partial charge in [0, 0.05) is 11.3 Å². The summed E-state index contributed by atoms with van der Waals surface area (Å²) in [7, 11) is 0. The summed E-state index contributed by atoms with van der Waals surface area (Å²) in [5.41, 5.74) is -6.03. The van der Waals surface area contributed by atoms with E-state index >= 15 is 0 Å². The first-order valence-corrected chi connectivity index (χ1v) is 7.41. The zero-order valence-corrected chi connectivity index (χ0v) is 13.9. The molecule has 0 aliphatic carbocycles. The van der Waals surface area contributed by atoms with Gasteiger partial charge in [-0.3, -0.25) is 4.79 Å². The normalized spacial score (nSPS) is 11.8. The summed E-state index contributed by atoms with van der Waals surface area (Å²) in [6.45, 7) is 0. The summed E-state index contributed by atoms with van der Waals surface area (Å²) in [4.78, 5) is 34.3. The van der Waals surface area contributed by atoms with E-state index in [0.29, 0.717) is 0 Å². The first-order valence-electron chi connectivity index (χ1n) is 7.41. The summed E-state index contributed by atoms with van der Waals surface area (Å²) in [5.74, 6) is -4.57. The Morgan fingerprint density at radius 2 is 1.07 bits per heavy atom. The summed E-state index contributed by atoms with van der Waals surface area (Å²) in [6.07, 6.45) is -10.3. The fourth-order valence-corrected chi connectivity index (χ4v) is 2.24. The van der Waals surface area contributed by atoms with Gasteiger partial charge in [0.2, 0.25) is 0 Å². The van der Waals surface area contributed by atoms with Crippen molar-refractivity contribution in [1.82, 2.24) is 0 Å². The number of carboxylic acids is 2. The second-order valence-electron chi connectivity index (χ2n) is 5.66. The molecule has 0 atom stereocenters. The zero-order chi connectivity index (χ0) is 22.1. The third kappa shape index (κ3) is 5.24. The summed E-state index contributed by atoms with van der Waals surface area (Å²) in [5, 5.41) is 19.8. The highest BCUT2D eigenvalue weighted by molar-refractivity contribution is 6.06. The third-order valence-electron chi connectivity index (χ3n) is 3.53. The summed E-state index contributed by atoms with van der Waals surface area (Å²) < 4.78 is 77.3. The molecule has 0 fully saturated rings. The number of carbonyl (C=O) groups excluding carboxylic acids is 1. The monoisotopic (exact) mass is 421 g/mol. The molecular weight excluding hydrogens is 412 g/mol. The number of rotatable bonds is 4. The van der Waals surface area contributed by atoms with Gasteiger partial charge in [-0.05, 0) is 36.4 Å². The maximum Gasteiger partial charge on any atom is 0.416 e. The molecule has 0 aliphatic rings. The molecule has 0 aliphatic heterocycles. The number of carboxylic acid groups (broad SMARTS) is 2. The van der Waals surface area contributed by atoms with E-state index in [1.807, 2.05) is 5.32 Å². The molecule has 2 rings (SSSR count). The van der Waals surface area contributed by atoms with Gasteiger partial charge < -0.3 is 15.5 Å². The van der Waals surface area contributed by atoms with Gasteiger partial charge in [-0.2, -0.15) is 26.3 Å². The number of carbonyl (C=O) groups is 3. The van der Waals surface area contributed by atoms with Crippen molar-refractivity contribution in [3.8, 4) is 0 Å². The predicted molar refractivity (Wildman–Crippen MR) is 84.8 cm³/mol. The van der Waals surface area contributed by atoms with E-state index < -0.39 is 63.7 Å². The van der Waals surface area contributed by atoms with E-state index in [-0.39, 0.29) is 18.2 Å². The average Bonchev–Trinajstić information content (AvgIpc) is 2.59. The number of alkyl halides is 6. The quantitative estimate of drug-likeness (QED) is 0.636. The van der Waals surface area contributed by atoms with Crippen LogP contribution in [0.4, 0.5) is 32.0 Å². The van der Waals surface area contributed by atoms with Gasteiger partial charge in [0.25, 0.3) is 5.91 Å². The van der Waals surface area contributed by atoms with Crippen LogP contribution in [-0.2, 0) is 12.4 Å². The first kappa shape index (κ1) is 21.7. The van der Waals surface area contributed by atoms with Crippen molar-refractivity contribution in [1.29, 1.82) is 0 Å². The van der Waals surface area contributed by atoms with Crippen LogP contribution in [0.3, 0.4) is 0 Å². The SMILES string of the molecule is O=C(O)c1cc(NC(=O)c2cc(C(F)(F)F)cc(C(F)(F)F)c2)cc(C(=O)O)c1. The van der Waals surface area contributed by atoms with Crippen molar-refractivity contribution in [2.45, 2.75) is 12.4 Å². The Balaban J connectivity index is 2.50. The first-order chi connectivity index (χ1) is 13.2. The van der Waals surface area contributed by atoms with Crippen molar-refractivity contribution in [2.75, 3.05) is 5.32 Å². The molecule has 0 saturated heterocycles. The minimum atomic E-state index is -5.17. The van der Waals surface area contributed by atoms with E-state index in [2.05, 4.69) is 0 Å². The maximum absolute atomic E-state index is 12.9. The molecule has 0 unspecified atom stereocenters. The lowest BCUT2D eigenvalue weighted by atomic mass is 10.0. The van der Waals surface area contributed by atoms with Crippen LogP contribution in [0.5, 0.6) is 0 Å². The number of amides is 1. The Hall–Kier alpha value is -3.57. The van der Waals surface area contributed by atoms with Gasteiger partial charge >= 0.3 is 24.3 Å². The Bertz CT molecular complexity index is 932. The van der Waals surface area contributed by atoms with Gasteiger partial charge in [-0.25, -0.2) is 9.59 Å². The average molecular weight is 421 g/mol. The zero-order valence-electron chi connectivity index (χ0n) is 13.9. The highest BCUT2D eigenvalue weighted by Crippen LogP contribution is 2.36. The number of halogens is 6. The highest BCUT2D eigenvalue weighted by Gasteiger charge is 2.37. The van der Waals surface area contributed by atoms with Gasteiger partial charge in [0.1, 0.15) is 0 Å². The van der Waals surface area contributed by atoms with Crippen LogP contribution in [0.15, 0.2) is 36.4 Å². The van der Waals surface area contributed by atoms with Crippen molar-refractivity contribution in [3.05, 3.63) is 64.2 Å². The molecule has 3 N–H and O–H groups in total. The Morgan fingerprint density at radius 1 is 0.655 bits per heavy atom. The fraction of sp³-hybridized carbons (Fsp3) is 0.118. The van der Waals surface area contributed by atoms with Gasteiger partial charge in [-0.1, -0.05) is 0 Å². The molecule has 6 nitrogen and oxygen atoms in total. The van der Waals surface area contributed by atoms with Crippen LogP contribution >= 0.6 is 0 Å². The fourth-order valence-electron chi connectivity index (χ4n) is 2.24. The lowest BCUT2D eigenvalue weighted by molar-refractivity contribution is -0.143. The minimum Gasteiger partial charge on any atom is -0.478 e. The summed E-state index contributed by atoms with van der Waals surface area (Å²) >= 11 is 0. The minimum absolute atomic E-state index is 0.162. The smallest absolute Gasteiger partial charge is 0.416 e. The molecule has 0 bridgehead atoms. The Labute approximate surface area is 157 Å². The van der Waals surface area contributed by atoms with Crippen LogP contribution in [-0.4, -0.2) is 28.1 Å². The molecule has 1 amide bonds. The molecule has 0 radical (unpaired) electrons. The topological polar surface area (TPSA) is 104 Å². The van der Waals surface area contributed by atoms with Crippen LogP contribution in [0.2, 0.25) is 0 Å². The lowest BCUT2D eigenvalue weighted by Gasteiger charge is -2.14. The van der Waals surface area contributed by atoms with Gasteiger partial charge in [0.05, 0.1) is 22.3 Å². The number of nitrogens with one attached hydrogen (secondary N) is 1. The molecule has 0 heterocycles. The molecule has 29 heavy (non-hydrogen) atoms. The van der Waals surface area contributed by atoms with Crippen molar-refractivity contribution in [3.63, 3.8) is 0 Å². The number of hydrogen-bond acceptors (Lipinski definition) is 3. The van der Waals surface area contributed by atoms with Crippen LogP contribution < -0.4 is 5.32 Å². The summed E-state index contributed by atoms with van der Waals surface area (Å²) in [6, 6.07) is 2.56. The van der Waals surface area contributed by atoms with Crippen LogP contribution in [0, 0.1) is 0 Å². The Morgan fingerprint density at radius 3 is 1.41 bits per heavy atom. The van der Waals surface area contributed by atoms with Crippen LogP contribution in [0.1, 0.15) is 42.2 Å². The molecular formula is C17H9F6NO5. The number of benzene rings is 2. The van der Waals surface area contributed by atoms with E-state index in [9.17, 15) is 40.7 Å². The lowest BCUT2D eigenvalue weighted by Crippen LogP contribution is -2.17. The molecule has 0 aromatic heterocycles. The van der Waals surface area contributed by atoms with Crippen molar-refractivity contribution < 1.29 is 50.9 Å². The second-order valence-corrected chi connectivity index (χ2v) is 5.66. The largest absolute Gasteiger partial charge is 0.478 e. The molecule has 154 valence electrons. The van der Waals surface area contributed by atoms with Crippen LogP contribution in [0.25, 0.3) is 0 Å². The number of aromatic carboxylic acids is 2. The molecule has 12 heteroatoms. The highest BCUT2D eigenvalue weighted by atomic mass is 19.4. The van der Waals surface area contributed by atoms with Gasteiger partial charge in [-0.15, -0.1) is 0 Å². The maximum atomic E-state index is 12.9. The van der Waals surface area contributed by atoms with Gasteiger partial charge in [0.15, 0.2) is 0 Å². The second kappa shape index (κ2) is 7.45. The van der Waals surface area contributed by atoms with E-state index in [1.54, 1.807) is 0 Å². The van der Waals surface area contributed by atoms with E-state index in [4.69, 9.17) is 10.2 Å². The molecule has 2 aromatic rings. The third-order valence-corrected chi connectivity index (χ3v) is 3.53. The number of anilines is 1. The standard InChI is InChI=1S/C17H9F6NO5/c18-16(19,20)10-2-7(3-11(6-10)17(21,22)23)13(25)24-12-4-8(14(26)27)1-9(5-12)15(28)29/h1-6H,(H,24,25)(H,26,27)(H,28,29). The van der Waals surface area contributed by atoms with E-state index in [0.717, 1.165) is 18.2 Å².